The molecule has 0 aromatic carbocycles. The van der Waals surface area contributed by atoms with Crippen molar-refractivity contribution in [1.29, 1.82) is 0 Å². The van der Waals surface area contributed by atoms with Gasteiger partial charge in [-0.2, -0.15) is 0 Å². The maximum atomic E-state index is 12.0. The van der Waals surface area contributed by atoms with Crippen LogP contribution in [0.1, 0.15) is 52.6 Å². The molecule has 0 saturated carbocycles. The molecule has 2 heterocycles. The van der Waals surface area contributed by atoms with Gasteiger partial charge in [-0.05, 0) is 51.5 Å². The Morgan fingerprint density at radius 1 is 1.17 bits per heavy atom. The van der Waals surface area contributed by atoms with Crippen LogP contribution in [0.4, 0.5) is 0 Å². The Morgan fingerprint density at radius 2 is 2.00 bits per heavy atom. The minimum atomic E-state index is 0.0810. The standard InChI is InChI=1S/C18H24N4OS/c1-12-14-5-3-4-6-15(14)22-17(21-12)9-10-19-18(23)8-7-16-13(2)20-11-24-16/h11H,3-10H2,1-2H3,(H,19,23). The summed E-state index contributed by atoms with van der Waals surface area (Å²) in [5, 5.41) is 2.98. The second-order valence-electron chi connectivity index (χ2n) is 6.32. The summed E-state index contributed by atoms with van der Waals surface area (Å²) in [6.07, 6.45) is 6.59. The van der Waals surface area contributed by atoms with Crippen molar-refractivity contribution in [2.24, 2.45) is 0 Å². The number of rotatable bonds is 6. The van der Waals surface area contributed by atoms with Crippen molar-refractivity contribution in [2.75, 3.05) is 6.54 Å². The van der Waals surface area contributed by atoms with Crippen molar-refractivity contribution >= 4 is 17.2 Å². The number of hydrogen-bond donors (Lipinski definition) is 1. The Balaban J connectivity index is 1.47. The number of nitrogens with zero attached hydrogens (tertiary/aromatic N) is 3. The summed E-state index contributed by atoms with van der Waals surface area (Å²) in [7, 11) is 0. The number of carbonyl (C=O) groups is 1. The Bertz CT molecular complexity index is 726. The molecule has 1 aliphatic rings. The van der Waals surface area contributed by atoms with Crippen LogP contribution in [0.3, 0.4) is 0 Å². The highest BCUT2D eigenvalue weighted by Gasteiger charge is 2.15. The van der Waals surface area contributed by atoms with Crippen LogP contribution in [-0.4, -0.2) is 27.4 Å². The molecule has 0 bridgehead atoms. The largest absolute Gasteiger partial charge is 0.356 e. The van der Waals surface area contributed by atoms with Gasteiger partial charge in [0.05, 0.1) is 11.2 Å². The Morgan fingerprint density at radius 3 is 2.79 bits per heavy atom. The van der Waals surface area contributed by atoms with Crippen molar-refractivity contribution in [3.8, 4) is 0 Å². The number of hydrogen-bond acceptors (Lipinski definition) is 5. The van der Waals surface area contributed by atoms with Crippen LogP contribution in [0, 0.1) is 13.8 Å². The fraction of sp³-hybridized carbons (Fsp3) is 0.556. The fourth-order valence-electron chi connectivity index (χ4n) is 3.15. The number of amides is 1. The van der Waals surface area contributed by atoms with Gasteiger partial charge in [-0.15, -0.1) is 11.3 Å². The van der Waals surface area contributed by atoms with E-state index in [1.54, 1.807) is 11.3 Å². The topological polar surface area (TPSA) is 67.8 Å². The van der Waals surface area contributed by atoms with Crippen LogP contribution < -0.4 is 5.32 Å². The smallest absolute Gasteiger partial charge is 0.220 e. The summed E-state index contributed by atoms with van der Waals surface area (Å²) < 4.78 is 0. The average molecular weight is 344 g/mol. The highest BCUT2D eigenvalue weighted by molar-refractivity contribution is 7.09. The van der Waals surface area contributed by atoms with Gasteiger partial charge in [0, 0.05) is 35.7 Å². The molecule has 2 aromatic heterocycles. The molecule has 128 valence electrons. The normalized spacial score (nSPS) is 13.6. The molecule has 1 aliphatic carbocycles. The lowest BCUT2D eigenvalue weighted by Gasteiger charge is -2.17. The van der Waals surface area contributed by atoms with Crippen LogP contribution in [0.15, 0.2) is 5.51 Å². The summed E-state index contributed by atoms with van der Waals surface area (Å²) in [5.74, 6) is 0.934. The molecule has 0 atom stereocenters. The maximum Gasteiger partial charge on any atom is 0.220 e. The Kier molecular flexibility index (Phi) is 5.56. The average Bonchev–Trinajstić information content (AvgIpc) is 2.98. The van der Waals surface area contributed by atoms with Crippen LogP contribution in [0.25, 0.3) is 0 Å². The summed E-state index contributed by atoms with van der Waals surface area (Å²) in [4.78, 5) is 26.7. The molecule has 1 amide bonds. The number of thiazole rings is 1. The van der Waals surface area contributed by atoms with Gasteiger partial charge in [0.25, 0.3) is 0 Å². The molecule has 24 heavy (non-hydrogen) atoms. The van der Waals surface area contributed by atoms with E-state index in [1.807, 2.05) is 12.4 Å². The first kappa shape index (κ1) is 17.0. The Labute approximate surface area is 147 Å². The van der Waals surface area contributed by atoms with E-state index in [2.05, 4.69) is 22.2 Å². The lowest BCUT2D eigenvalue weighted by molar-refractivity contribution is -0.121. The molecule has 0 fully saturated rings. The van der Waals surface area contributed by atoms with Gasteiger partial charge in [-0.25, -0.2) is 15.0 Å². The van der Waals surface area contributed by atoms with E-state index in [4.69, 9.17) is 4.98 Å². The number of fused-ring (bicyclic) bond motifs is 1. The third-order valence-corrected chi connectivity index (χ3v) is 5.53. The highest BCUT2D eigenvalue weighted by atomic mass is 32.1. The lowest BCUT2D eigenvalue weighted by atomic mass is 9.95. The van der Waals surface area contributed by atoms with Crippen molar-refractivity contribution in [1.82, 2.24) is 20.3 Å². The molecule has 3 rings (SSSR count). The second-order valence-corrected chi connectivity index (χ2v) is 7.26. The summed E-state index contributed by atoms with van der Waals surface area (Å²) >= 11 is 1.62. The van der Waals surface area contributed by atoms with Crippen molar-refractivity contribution < 1.29 is 4.79 Å². The van der Waals surface area contributed by atoms with E-state index in [0.717, 1.165) is 36.5 Å². The predicted molar refractivity (Wildman–Crippen MR) is 95.3 cm³/mol. The fourth-order valence-corrected chi connectivity index (χ4v) is 3.93. The summed E-state index contributed by atoms with van der Waals surface area (Å²) in [6, 6.07) is 0. The molecule has 2 aromatic rings. The second kappa shape index (κ2) is 7.83. The highest BCUT2D eigenvalue weighted by Crippen LogP contribution is 2.21. The first-order valence-electron chi connectivity index (χ1n) is 8.64. The SMILES string of the molecule is Cc1ncsc1CCC(=O)NCCc1nc(C)c2c(n1)CCCC2. The van der Waals surface area contributed by atoms with E-state index in [1.165, 1.54) is 29.0 Å². The van der Waals surface area contributed by atoms with Gasteiger partial charge in [-0.3, -0.25) is 4.79 Å². The molecule has 0 radical (unpaired) electrons. The molecule has 6 heteroatoms. The minimum Gasteiger partial charge on any atom is -0.356 e. The molecule has 0 aliphatic heterocycles. The van der Waals surface area contributed by atoms with E-state index >= 15 is 0 Å². The number of aryl methyl sites for hydroxylation is 4. The quantitative estimate of drug-likeness (QED) is 0.875. The van der Waals surface area contributed by atoms with Gasteiger partial charge in [0.1, 0.15) is 5.82 Å². The molecule has 1 N–H and O–H groups in total. The monoisotopic (exact) mass is 344 g/mol. The van der Waals surface area contributed by atoms with E-state index in [-0.39, 0.29) is 5.91 Å². The molecule has 0 unspecified atom stereocenters. The van der Waals surface area contributed by atoms with Crippen molar-refractivity contribution in [3.05, 3.63) is 38.9 Å². The zero-order chi connectivity index (χ0) is 16.9. The predicted octanol–water partition coefficient (Wildman–Crippen LogP) is 2.72. The minimum absolute atomic E-state index is 0.0810. The number of carbonyl (C=O) groups excluding carboxylic acids is 1. The molecular formula is C18H24N4OS. The summed E-state index contributed by atoms with van der Waals surface area (Å²) in [6.45, 7) is 4.66. The van der Waals surface area contributed by atoms with Gasteiger partial charge < -0.3 is 5.32 Å². The zero-order valence-corrected chi connectivity index (χ0v) is 15.2. The zero-order valence-electron chi connectivity index (χ0n) is 14.4. The number of nitrogens with one attached hydrogen (secondary N) is 1. The Hall–Kier alpha value is -1.82. The lowest BCUT2D eigenvalue weighted by Crippen LogP contribution is -2.26. The molecule has 5 nitrogen and oxygen atoms in total. The first-order valence-corrected chi connectivity index (χ1v) is 9.52. The molecule has 0 spiro atoms. The maximum absolute atomic E-state index is 12.0. The molecular weight excluding hydrogens is 320 g/mol. The summed E-state index contributed by atoms with van der Waals surface area (Å²) in [5.41, 5.74) is 6.54. The third-order valence-electron chi connectivity index (χ3n) is 4.53. The van der Waals surface area contributed by atoms with Gasteiger partial charge >= 0.3 is 0 Å². The van der Waals surface area contributed by atoms with Crippen molar-refractivity contribution in [2.45, 2.75) is 58.8 Å². The van der Waals surface area contributed by atoms with Crippen LogP contribution in [-0.2, 0) is 30.5 Å². The first-order chi connectivity index (χ1) is 11.6. The van der Waals surface area contributed by atoms with Gasteiger partial charge in [0.2, 0.25) is 5.91 Å². The van der Waals surface area contributed by atoms with E-state index in [9.17, 15) is 4.79 Å². The van der Waals surface area contributed by atoms with E-state index < -0.39 is 0 Å². The number of aromatic nitrogens is 3. The van der Waals surface area contributed by atoms with Gasteiger partial charge in [0.15, 0.2) is 0 Å². The van der Waals surface area contributed by atoms with E-state index in [0.29, 0.717) is 19.4 Å². The van der Waals surface area contributed by atoms with Crippen LogP contribution >= 0.6 is 11.3 Å². The van der Waals surface area contributed by atoms with Crippen molar-refractivity contribution in [3.63, 3.8) is 0 Å². The van der Waals surface area contributed by atoms with Crippen LogP contribution in [0.2, 0.25) is 0 Å². The van der Waals surface area contributed by atoms with Gasteiger partial charge in [-0.1, -0.05) is 0 Å². The third kappa shape index (κ3) is 4.17. The van der Waals surface area contributed by atoms with Crippen LogP contribution in [0.5, 0.6) is 0 Å². The molecule has 0 saturated heterocycles.